The zero-order valence-corrected chi connectivity index (χ0v) is 35.2. The van der Waals surface area contributed by atoms with Crippen LogP contribution in [0.5, 0.6) is 0 Å². The quantitative estimate of drug-likeness (QED) is 0.0684. The Bertz CT molecular complexity index is 1760. The van der Waals surface area contributed by atoms with Crippen LogP contribution in [0.4, 0.5) is 17.1 Å². The van der Waals surface area contributed by atoms with Crippen LogP contribution < -0.4 is 10.2 Å². The number of aryl methyl sites for hydroxylation is 1. The van der Waals surface area contributed by atoms with Gasteiger partial charge in [-0.1, -0.05) is 98.8 Å². The van der Waals surface area contributed by atoms with E-state index in [0.29, 0.717) is 42.1 Å². The van der Waals surface area contributed by atoms with Crippen molar-refractivity contribution in [1.29, 1.82) is 0 Å². The van der Waals surface area contributed by atoms with Crippen molar-refractivity contribution in [3.05, 3.63) is 53.9 Å². The van der Waals surface area contributed by atoms with Gasteiger partial charge in [-0.05, 0) is 80.6 Å². The normalized spacial score (nSPS) is 13.8. The molecule has 2 heterocycles. The molecule has 1 aromatic heterocycles. The lowest BCUT2D eigenvalue weighted by Gasteiger charge is -2.23. The Morgan fingerprint density at radius 3 is 2.20 bits per heavy atom. The van der Waals surface area contributed by atoms with Crippen LogP contribution in [0.2, 0.25) is 0 Å². The number of carbonyl (C=O) groups is 2. The number of anilines is 2. The summed E-state index contributed by atoms with van der Waals surface area (Å²) in [7, 11) is 0. The summed E-state index contributed by atoms with van der Waals surface area (Å²) in [4.78, 5) is 39.0. The van der Waals surface area contributed by atoms with Gasteiger partial charge in [0.1, 0.15) is 5.71 Å². The fraction of sp³-hybridized carbons (Fsp3) is 0.600. The summed E-state index contributed by atoms with van der Waals surface area (Å²) in [6.45, 7) is 16.8. The first-order valence-electron chi connectivity index (χ1n) is 21.2. The van der Waals surface area contributed by atoms with Gasteiger partial charge in [-0.2, -0.15) is 5.10 Å². The molecule has 0 bridgehead atoms. The predicted molar refractivity (Wildman–Crippen MR) is 229 cm³/mol. The largest absolute Gasteiger partial charge is 0.465 e. The molecule has 2 N–H and O–H groups in total. The molecule has 0 saturated carbocycles. The Labute approximate surface area is 335 Å². The molecule has 3 aromatic rings. The third-order valence-electron chi connectivity index (χ3n) is 10.4. The van der Waals surface area contributed by atoms with E-state index in [-0.39, 0.29) is 36.7 Å². The SMILES string of the molecule is CCCCCCCCC(CCCCCC)COC(=O)CCC(=O)Nc1ccc(-c2nc3n(n2)N=C(C(C)(C)C)C3=Nc2ccc(N(CC)CCO)cc2C)cc1. The Morgan fingerprint density at radius 1 is 0.911 bits per heavy atom. The number of hydrogen-bond donors (Lipinski definition) is 2. The molecule has 4 rings (SSSR count). The van der Waals surface area contributed by atoms with E-state index in [2.05, 4.69) is 57.8 Å². The molecule has 11 heteroatoms. The lowest BCUT2D eigenvalue weighted by Crippen LogP contribution is -2.27. The number of nitrogens with one attached hydrogen (secondary N) is 1. The zero-order valence-electron chi connectivity index (χ0n) is 35.2. The smallest absolute Gasteiger partial charge is 0.306 e. The summed E-state index contributed by atoms with van der Waals surface area (Å²) in [6, 6.07) is 13.5. The minimum absolute atomic E-state index is 0.0547. The summed E-state index contributed by atoms with van der Waals surface area (Å²) in [5.41, 5.74) is 5.44. The van der Waals surface area contributed by atoms with Gasteiger partial charge in [-0.25, -0.2) is 9.98 Å². The number of aromatic nitrogens is 3. The number of esters is 1. The fourth-order valence-corrected chi connectivity index (χ4v) is 6.98. The predicted octanol–water partition coefficient (Wildman–Crippen LogP) is 10.1. The van der Waals surface area contributed by atoms with E-state index >= 15 is 0 Å². The lowest BCUT2D eigenvalue weighted by atomic mass is 9.87. The van der Waals surface area contributed by atoms with Gasteiger partial charge in [0.05, 0.1) is 31.0 Å². The maximum atomic E-state index is 12.8. The number of aliphatic hydroxyl groups is 1. The van der Waals surface area contributed by atoms with Crippen LogP contribution in [0.1, 0.15) is 143 Å². The van der Waals surface area contributed by atoms with Crippen molar-refractivity contribution < 1.29 is 19.4 Å². The van der Waals surface area contributed by atoms with Gasteiger partial charge in [0.15, 0.2) is 5.82 Å². The minimum atomic E-state index is -0.315. The standard InChI is InChI=1S/C45H67N7O4/c1-8-11-13-15-16-18-20-34(19-17-14-12-9-2)32-56-40(55)28-27-39(54)46-36-23-21-35(22-24-36)43-48-44-41(42(45(5,6)7)49-52(44)50-43)47-38-26-25-37(31-33(38)4)51(10-3)29-30-53/h21-26,31,34,53H,8-20,27-30,32H2,1-7H3,(H,46,54). The molecule has 0 spiro atoms. The third-order valence-corrected chi connectivity index (χ3v) is 10.4. The van der Waals surface area contributed by atoms with Gasteiger partial charge in [-0.15, -0.1) is 9.89 Å². The van der Waals surface area contributed by atoms with Gasteiger partial charge in [0.25, 0.3) is 0 Å². The molecule has 0 fully saturated rings. The molecule has 11 nitrogen and oxygen atoms in total. The first-order chi connectivity index (χ1) is 27.0. The van der Waals surface area contributed by atoms with Gasteiger partial charge in [0.2, 0.25) is 11.7 Å². The monoisotopic (exact) mass is 770 g/mol. The summed E-state index contributed by atoms with van der Waals surface area (Å²) in [6.07, 6.45) is 14.7. The van der Waals surface area contributed by atoms with Crippen molar-refractivity contribution in [2.45, 2.75) is 138 Å². The average molecular weight is 770 g/mol. The number of fused-ring (bicyclic) bond motifs is 1. The van der Waals surface area contributed by atoms with Crippen LogP contribution in [0.25, 0.3) is 11.4 Å². The summed E-state index contributed by atoms with van der Waals surface area (Å²) in [5, 5.41) is 21.9. The molecular formula is C45H67N7O4. The number of benzene rings is 2. The van der Waals surface area contributed by atoms with E-state index in [1.54, 1.807) is 4.79 Å². The molecule has 306 valence electrons. The summed E-state index contributed by atoms with van der Waals surface area (Å²) < 4.78 is 5.68. The van der Waals surface area contributed by atoms with E-state index < -0.39 is 0 Å². The summed E-state index contributed by atoms with van der Waals surface area (Å²) >= 11 is 0. The maximum absolute atomic E-state index is 12.8. The van der Waals surface area contributed by atoms with E-state index in [1.165, 1.54) is 64.2 Å². The number of aliphatic imine (C=N–C) groups is 1. The molecule has 1 amide bonds. The number of carbonyl (C=O) groups excluding carboxylic acids is 2. The van der Waals surface area contributed by atoms with Crippen LogP contribution in [0.3, 0.4) is 0 Å². The first kappa shape index (κ1) is 44.3. The second-order valence-electron chi connectivity index (χ2n) is 16.2. The number of rotatable bonds is 24. The molecule has 56 heavy (non-hydrogen) atoms. The lowest BCUT2D eigenvalue weighted by molar-refractivity contribution is -0.146. The minimum Gasteiger partial charge on any atom is -0.465 e. The van der Waals surface area contributed by atoms with Crippen LogP contribution in [0, 0.1) is 18.3 Å². The van der Waals surface area contributed by atoms with E-state index in [1.807, 2.05) is 43.3 Å². The van der Waals surface area contributed by atoms with Gasteiger partial charge in [-0.3, -0.25) is 9.59 Å². The van der Waals surface area contributed by atoms with Gasteiger partial charge >= 0.3 is 5.97 Å². The number of ether oxygens (including phenoxy) is 1. The van der Waals surface area contributed by atoms with Crippen LogP contribution in [-0.4, -0.2) is 69.6 Å². The van der Waals surface area contributed by atoms with Crippen molar-refractivity contribution in [3.63, 3.8) is 0 Å². The molecule has 0 radical (unpaired) electrons. The molecular weight excluding hydrogens is 703 g/mol. The Hall–Kier alpha value is -4.38. The average Bonchev–Trinajstić information content (AvgIpc) is 3.75. The van der Waals surface area contributed by atoms with Crippen LogP contribution in [0.15, 0.2) is 52.6 Å². The van der Waals surface area contributed by atoms with Crippen molar-refractivity contribution in [2.24, 2.45) is 21.4 Å². The number of nitrogens with zero attached hydrogens (tertiary/aromatic N) is 6. The number of amides is 1. The second-order valence-corrected chi connectivity index (χ2v) is 16.2. The fourth-order valence-electron chi connectivity index (χ4n) is 6.98. The highest BCUT2D eigenvalue weighted by atomic mass is 16.5. The van der Waals surface area contributed by atoms with Crippen molar-refractivity contribution in [2.75, 3.05) is 36.5 Å². The zero-order chi connectivity index (χ0) is 40.5. The van der Waals surface area contributed by atoms with E-state index in [0.717, 1.165) is 47.6 Å². The highest BCUT2D eigenvalue weighted by molar-refractivity contribution is 6.50. The topological polar surface area (TPSA) is 134 Å². The second kappa shape index (κ2) is 22.4. The first-order valence-corrected chi connectivity index (χ1v) is 21.2. The summed E-state index contributed by atoms with van der Waals surface area (Å²) in [5.74, 6) is 0.910. The molecule has 1 aliphatic rings. The molecule has 0 saturated heterocycles. The van der Waals surface area contributed by atoms with E-state index in [9.17, 15) is 14.7 Å². The maximum Gasteiger partial charge on any atom is 0.306 e. The molecule has 1 aliphatic heterocycles. The number of unbranched alkanes of at least 4 members (excludes halogenated alkanes) is 8. The highest BCUT2D eigenvalue weighted by Gasteiger charge is 2.35. The molecule has 2 aromatic carbocycles. The van der Waals surface area contributed by atoms with Crippen molar-refractivity contribution >= 4 is 40.4 Å². The molecule has 1 unspecified atom stereocenters. The number of hydrogen-bond acceptors (Lipinski definition) is 9. The van der Waals surface area contributed by atoms with Crippen LogP contribution in [-0.2, 0) is 14.3 Å². The van der Waals surface area contributed by atoms with Crippen molar-refractivity contribution in [1.82, 2.24) is 14.9 Å². The highest BCUT2D eigenvalue weighted by Crippen LogP contribution is 2.31. The Balaban J connectivity index is 1.34. The number of likely N-dealkylation sites (N-methyl/N-ethyl adjacent to an activating group) is 1. The molecule has 1 atom stereocenters. The van der Waals surface area contributed by atoms with Gasteiger partial charge < -0.3 is 20.1 Å². The van der Waals surface area contributed by atoms with Crippen molar-refractivity contribution in [3.8, 4) is 11.4 Å². The third kappa shape index (κ3) is 13.4. The Kier molecular flexibility index (Phi) is 17.7. The van der Waals surface area contributed by atoms with E-state index in [4.69, 9.17) is 24.9 Å². The molecule has 0 aliphatic carbocycles. The number of aliphatic hydroxyl groups excluding tert-OH is 1. The van der Waals surface area contributed by atoms with Gasteiger partial charge in [0, 0.05) is 41.9 Å². The Morgan fingerprint density at radius 2 is 1.57 bits per heavy atom. The van der Waals surface area contributed by atoms with Crippen LogP contribution >= 0.6 is 0 Å².